The molecule has 86 valence electrons. The standard InChI is InChI=1S/C10H6BrF3OS/c11-8-5-2-1-3-6(10(12,13)14)9(5)16-7(8)4-15/h1-3,15H,4H2. The van der Waals surface area contributed by atoms with E-state index < -0.39 is 11.7 Å². The molecule has 0 atom stereocenters. The van der Waals surface area contributed by atoms with Crippen LogP contribution in [0.4, 0.5) is 13.2 Å². The van der Waals surface area contributed by atoms with Crippen molar-refractivity contribution in [2.24, 2.45) is 0 Å². The molecule has 0 unspecified atom stereocenters. The van der Waals surface area contributed by atoms with Gasteiger partial charge in [0.25, 0.3) is 0 Å². The lowest BCUT2D eigenvalue weighted by Crippen LogP contribution is -2.04. The average molecular weight is 311 g/mol. The van der Waals surface area contributed by atoms with Crippen LogP contribution < -0.4 is 0 Å². The summed E-state index contributed by atoms with van der Waals surface area (Å²) in [5.41, 5.74) is -0.657. The fourth-order valence-corrected chi connectivity index (χ4v) is 3.38. The van der Waals surface area contributed by atoms with E-state index in [9.17, 15) is 13.2 Å². The second kappa shape index (κ2) is 4.01. The maximum Gasteiger partial charge on any atom is 0.417 e. The van der Waals surface area contributed by atoms with Gasteiger partial charge in [0.1, 0.15) is 0 Å². The molecule has 0 aliphatic heterocycles. The van der Waals surface area contributed by atoms with Crippen molar-refractivity contribution in [3.63, 3.8) is 0 Å². The van der Waals surface area contributed by atoms with Crippen LogP contribution in [0.25, 0.3) is 10.1 Å². The molecular formula is C10H6BrF3OS. The predicted molar refractivity (Wildman–Crippen MR) is 60.4 cm³/mol. The zero-order valence-corrected chi connectivity index (χ0v) is 10.2. The second-order valence-electron chi connectivity index (χ2n) is 3.18. The fraction of sp³-hybridized carbons (Fsp3) is 0.200. The number of aliphatic hydroxyl groups is 1. The van der Waals surface area contributed by atoms with Crippen LogP contribution in [-0.4, -0.2) is 5.11 Å². The van der Waals surface area contributed by atoms with Gasteiger partial charge in [-0.3, -0.25) is 0 Å². The summed E-state index contributed by atoms with van der Waals surface area (Å²) >= 11 is 4.16. The van der Waals surface area contributed by atoms with Gasteiger partial charge < -0.3 is 5.11 Å². The first kappa shape index (κ1) is 11.9. The largest absolute Gasteiger partial charge is 0.417 e. The molecule has 0 bridgehead atoms. The Hall–Kier alpha value is -0.590. The molecule has 0 fully saturated rings. The molecule has 0 spiro atoms. The van der Waals surface area contributed by atoms with Crippen LogP contribution in [0.1, 0.15) is 10.4 Å². The van der Waals surface area contributed by atoms with Crippen molar-refractivity contribution >= 4 is 37.4 Å². The maximum atomic E-state index is 12.7. The van der Waals surface area contributed by atoms with Crippen LogP contribution in [0.3, 0.4) is 0 Å². The van der Waals surface area contributed by atoms with Gasteiger partial charge in [0.05, 0.1) is 12.2 Å². The van der Waals surface area contributed by atoms with Gasteiger partial charge in [-0.2, -0.15) is 13.2 Å². The molecule has 2 rings (SSSR count). The smallest absolute Gasteiger partial charge is 0.391 e. The van der Waals surface area contributed by atoms with E-state index in [2.05, 4.69) is 15.9 Å². The summed E-state index contributed by atoms with van der Waals surface area (Å²) in [5, 5.41) is 9.50. The highest BCUT2D eigenvalue weighted by Gasteiger charge is 2.33. The Morgan fingerprint density at radius 3 is 2.56 bits per heavy atom. The molecule has 1 aromatic heterocycles. The summed E-state index contributed by atoms with van der Waals surface area (Å²) in [7, 11) is 0. The molecule has 0 amide bonds. The Bertz CT molecular complexity index is 533. The van der Waals surface area contributed by atoms with Crippen LogP contribution in [0.5, 0.6) is 0 Å². The Kier molecular flexibility index (Phi) is 2.98. The molecule has 1 aromatic carbocycles. The van der Waals surface area contributed by atoms with E-state index >= 15 is 0 Å². The van der Waals surface area contributed by atoms with E-state index in [1.165, 1.54) is 6.07 Å². The lowest BCUT2D eigenvalue weighted by atomic mass is 10.1. The van der Waals surface area contributed by atoms with E-state index in [0.717, 1.165) is 17.4 Å². The summed E-state index contributed by atoms with van der Waals surface area (Å²) in [4.78, 5) is 0.506. The molecule has 6 heteroatoms. The Morgan fingerprint density at radius 1 is 1.31 bits per heavy atom. The van der Waals surface area contributed by atoms with E-state index in [1.54, 1.807) is 6.07 Å². The van der Waals surface area contributed by atoms with Crippen LogP contribution in [0.15, 0.2) is 22.7 Å². The normalized spacial score (nSPS) is 12.3. The van der Waals surface area contributed by atoms with Crippen molar-refractivity contribution in [2.45, 2.75) is 12.8 Å². The molecule has 1 nitrogen and oxygen atoms in total. The molecule has 1 heterocycles. The van der Waals surface area contributed by atoms with Crippen LogP contribution >= 0.6 is 27.3 Å². The third kappa shape index (κ3) is 1.85. The monoisotopic (exact) mass is 310 g/mol. The predicted octanol–water partition coefficient (Wildman–Crippen LogP) is 4.17. The van der Waals surface area contributed by atoms with E-state index in [0.29, 0.717) is 14.7 Å². The zero-order chi connectivity index (χ0) is 11.9. The molecule has 0 aliphatic carbocycles. The van der Waals surface area contributed by atoms with Crippen LogP contribution in [-0.2, 0) is 12.8 Å². The number of benzene rings is 1. The van der Waals surface area contributed by atoms with Gasteiger partial charge in [-0.25, -0.2) is 0 Å². The highest BCUT2D eigenvalue weighted by Crippen LogP contribution is 2.42. The van der Waals surface area contributed by atoms with Gasteiger partial charge in [-0.15, -0.1) is 11.3 Å². The van der Waals surface area contributed by atoms with Crippen LogP contribution in [0.2, 0.25) is 0 Å². The number of hydrogen-bond donors (Lipinski definition) is 1. The lowest BCUT2D eigenvalue weighted by molar-refractivity contribution is -0.136. The summed E-state index contributed by atoms with van der Waals surface area (Å²) < 4.78 is 38.8. The Morgan fingerprint density at radius 2 is 2.00 bits per heavy atom. The number of alkyl halides is 3. The van der Waals surface area contributed by atoms with Gasteiger partial charge in [-0.1, -0.05) is 12.1 Å². The maximum absolute atomic E-state index is 12.7. The minimum atomic E-state index is -4.36. The van der Waals surface area contributed by atoms with Crippen molar-refractivity contribution < 1.29 is 18.3 Å². The molecule has 2 aromatic rings. The minimum Gasteiger partial charge on any atom is -0.391 e. The molecule has 1 N–H and O–H groups in total. The van der Waals surface area contributed by atoms with Crippen molar-refractivity contribution in [1.29, 1.82) is 0 Å². The molecule has 0 aliphatic rings. The van der Waals surface area contributed by atoms with Crippen LogP contribution in [0, 0.1) is 0 Å². The number of rotatable bonds is 1. The first-order valence-electron chi connectivity index (χ1n) is 4.33. The van der Waals surface area contributed by atoms with E-state index in [4.69, 9.17) is 5.11 Å². The Labute approximate surface area is 102 Å². The van der Waals surface area contributed by atoms with Gasteiger partial charge in [0.15, 0.2) is 0 Å². The Balaban J connectivity index is 2.79. The quantitative estimate of drug-likeness (QED) is 0.838. The lowest BCUT2D eigenvalue weighted by Gasteiger charge is -2.06. The summed E-state index contributed by atoms with van der Waals surface area (Å²) in [6.45, 7) is -0.267. The fourth-order valence-electron chi connectivity index (χ4n) is 1.46. The number of aliphatic hydroxyl groups excluding tert-OH is 1. The third-order valence-corrected chi connectivity index (χ3v) is 4.56. The SMILES string of the molecule is OCc1sc2c(C(F)(F)F)cccc2c1Br. The number of fused-ring (bicyclic) bond motifs is 1. The van der Waals surface area contributed by atoms with Gasteiger partial charge >= 0.3 is 6.18 Å². The topological polar surface area (TPSA) is 20.2 Å². The molecule has 16 heavy (non-hydrogen) atoms. The highest BCUT2D eigenvalue weighted by atomic mass is 79.9. The number of halogens is 4. The minimum absolute atomic E-state index is 0.158. The molecular weight excluding hydrogens is 305 g/mol. The van der Waals surface area contributed by atoms with Crippen molar-refractivity contribution in [1.82, 2.24) is 0 Å². The molecule has 0 saturated carbocycles. The average Bonchev–Trinajstić information content (AvgIpc) is 2.54. The van der Waals surface area contributed by atoms with Gasteiger partial charge in [0, 0.05) is 19.4 Å². The molecule has 0 saturated heterocycles. The third-order valence-electron chi connectivity index (χ3n) is 2.17. The zero-order valence-electron chi connectivity index (χ0n) is 7.81. The second-order valence-corrected chi connectivity index (χ2v) is 5.08. The van der Waals surface area contributed by atoms with Crippen molar-refractivity contribution in [3.05, 3.63) is 33.1 Å². The first-order chi connectivity index (χ1) is 7.45. The van der Waals surface area contributed by atoms with Crippen molar-refractivity contribution in [2.75, 3.05) is 0 Å². The number of hydrogen-bond acceptors (Lipinski definition) is 2. The van der Waals surface area contributed by atoms with E-state index in [1.807, 2.05) is 0 Å². The van der Waals surface area contributed by atoms with Crippen molar-refractivity contribution in [3.8, 4) is 0 Å². The summed E-state index contributed by atoms with van der Waals surface area (Å²) in [5.74, 6) is 0. The van der Waals surface area contributed by atoms with E-state index in [-0.39, 0.29) is 11.3 Å². The number of thiophene rings is 1. The van der Waals surface area contributed by atoms with Gasteiger partial charge in [0.2, 0.25) is 0 Å². The highest BCUT2D eigenvalue weighted by molar-refractivity contribution is 9.10. The van der Waals surface area contributed by atoms with Gasteiger partial charge in [-0.05, 0) is 22.0 Å². The summed E-state index contributed by atoms with van der Waals surface area (Å²) in [6.07, 6.45) is -4.36. The summed E-state index contributed by atoms with van der Waals surface area (Å²) in [6, 6.07) is 4.01. The first-order valence-corrected chi connectivity index (χ1v) is 5.94. The molecule has 0 radical (unpaired) electrons.